The maximum atomic E-state index is 13.1. The van der Waals surface area contributed by atoms with Crippen molar-refractivity contribution in [1.29, 1.82) is 0 Å². The lowest BCUT2D eigenvalue weighted by molar-refractivity contribution is -0.138. The van der Waals surface area contributed by atoms with Crippen molar-refractivity contribution in [2.45, 2.75) is 65.0 Å². The van der Waals surface area contributed by atoms with E-state index in [0.29, 0.717) is 11.6 Å². The SMILES string of the molecule is CCN(CC)CCCCc1ccc(C(=CC2CCCC2)c2ccc(C(F)(F)F)c(=O)[nH]2)cc1. The van der Waals surface area contributed by atoms with Crippen LogP contribution in [0.5, 0.6) is 0 Å². The number of halogens is 3. The number of benzene rings is 1. The Morgan fingerprint density at radius 2 is 1.70 bits per heavy atom. The Balaban J connectivity index is 1.78. The van der Waals surface area contributed by atoms with Crippen molar-refractivity contribution in [3.8, 4) is 0 Å². The number of rotatable bonds is 10. The number of aromatic amines is 1. The number of nitrogens with one attached hydrogen (secondary N) is 1. The Labute approximate surface area is 194 Å². The summed E-state index contributed by atoms with van der Waals surface area (Å²) >= 11 is 0. The van der Waals surface area contributed by atoms with E-state index in [1.54, 1.807) is 0 Å². The van der Waals surface area contributed by atoms with Gasteiger partial charge in [-0.15, -0.1) is 0 Å². The first kappa shape index (κ1) is 25.3. The molecule has 0 atom stereocenters. The number of hydrogen-bond donors (Lipinski definition) is 1. The third-order valence-electron chi connectivity index (χ3n) is 6.66. The molecule has 1 aliphatic rings. The van der Waals surface area contributed by atoms with E-state index in [-0.39, 0.29) is 0 Å². The Bertz CT molecular complexity index is 966. The van der Waals surface area contributed by atoms with Gasteiger partial charge in [0.1, 0.15) is 5.56 Å². The van der Waals surface area contributed by atoms with Gasteiger partial charge in [0.2, 0.25) is 0 Å². The van der Waals surface area contributed by atoms with Gasteiger partial charge in [0, 0.05) is 11.3 Å². The third-order valence-corrected chi connectivity index (χ3v) is 6.66. The fraction of sp³-hybridized carbons (Fsp3) is 0.519. The molecule has 3 nitrogen and oxygen atoms in total. The van der Waals surface area contributed by atoms with Gasteiger partial charge in [0.15, 0.2) is 0 Å². The van der Waals surface area contributed by atoms with Crippen molar-refractivity contribution in [2.75, 3.05) is 19.6 Å². The number of aryl methyl sites for hydroxylation is 1. The second-order valence-corrected chi connectivity index (χ2v) is 8.92. The van der Waals surface area contributed by atoms with Crippen LogP contribution in [-0.4, -0.2) is 29.5 Å². The van der Waals surface area contributed by atoms with Crippen LogP contribution in [-0.2, 0) is 12.6 Å². The second-order valence-electron chi connectivity index (χ2n) is 8.92. The van der Waals surface area contributed by atoms with E-state index in [1.165, 1.54) is 11.6 Å². The summed E-state index contributed by atoms with van der Waals surface area (Å²) in [5, 5.41) is 0. The van der Waals surface area contributed by atoms with Gasteiger partial charge in [-0.1, -0.05) is 57.0 Å². The highest BCUT2D eigenvalue weighted by atomic mass is 19.4. The van der Waals surface area contributed by atoms with Gasteiger partial charge in [0.05, 0.1) is 0 Å². The van der Waals surface area contributed by atoms with Gasteiger partial charge in [0.25, 0.3) is 5.56 Å². The van der Waals surface area contributed by atoms with E-state index in [0.717, 1.165) is 81.8 Å². The summed E-state index contributed by atoms with van der Waals surface area (Å²) in [7, 11) is 0. The molecule has 1 N–H and O–H groups in total. The molecule has 0 radical (unpaired) electrons. The highest BCUT2D eigenvalue weighted by Crippen LogP contribution is 2.32. The monoisotopic (exact) mass is 460 g/mol. The van der Waals surface area contributed by atoms with Crippen LogP contribution < -0.4 is 5.56 Å². The first-order valence-electron chi connectivity index (χ1n) is 12.2. The van der Waals surface area contributed by atoms with E-state index in [1.807, 2.05) is 12.1 Å². The van der Waals surface area contributed by atoms with Crippen LogP contribution in [0, 0.1) is 5.92 Å². The number of alkyl halides is 3. The summed E-state index contributed by atoms with van der Waals surface area (Å²) in [5.74, 6) is 0.380. The Morgan fingerprint density at radius 3 is 2.27 bits per heavy atom. The summed E-state index contributed by atoms with van der Waals surface area (Å²) in [6.07, 6.45) is 5.20. The minimum absolute atomic E-state index is 0.380. The minimum atomic E-state index is -4.66. The number of unbranched alkanes of at least 4 members (excludes halogenated alkanes) is 1. The quantitative estimate of drug-likeness (QED) is 0.402. The summed E-state index contributed by atoms with van der Waals surface area (Å²) in [5.41, 5.74) is 1.16. The standard InChI is InChI=1S/C27H35F3N2O/c1-3-32(4-2)18-8-7-9-20-12-14-22(15-13-20)23(19-21-10-5-6-11-21)25-17-16-24(26(33)31-25)27(28,29)30/h12-17,19,21H,3-11,18H2,1-2H3,(H,31,33). The topological polar surface area (TPSA) is 36.1 Å². The van der Waals surface area contributed by atoms with Crippen LogP contribution in [0.2, 0.25) is 0 Å². The van der Waals surface area contributed by atoms with Gasteiger partial charge in [-0.2, -0.15) is 13.2 Å². The largest absolute Gasteiger partial charge is 0.421 e. The van der Waals surface area contributed by atoms with Crippen molar-refractivity contribution in [2.24, 2.45) is 5.92 Å². The summed E-state index contributed by atoms with van der Waals surface area (Å²) in [4.78, 5) is 17.1. The maximum absolute atomic E-state index is 13.1. The van der Waals surface area contributed by atoms with Crippen molar-refractivity contribution >= 4 is 5.57 Å². The molecule has 0 saturated heterocycles. The molecule has 180 valence electrons. The Kier molecular flexibility index (Phi) is 8.95. The molecule has 1 aromatic heterocycles. The smallest absolute Gasteiger partial charge is 0.321 e. The van der Waals surface area contributed by atoms with Crippen LogP contribution in [0.4, 0.5) is 13.2 Å². The molecular formula is C27H35F3N2O. The highest BCUT2D eigenvalue weighted by Gasteiger charge is 2.34. The molecule has 3 rings (SSSR count). The zero-order valence-electron chi connectivity index (χ0n) is 19.7. The predicted octanol–water partition coefficient (Wildman–Crippen LogP) is 6.68. The minimum Gasteiger partial charge on any atom is -0.321 e. The molecule has 1 aliphatic carbocycles. The molecule has 0 spiro atoms. The molecule has 6 heteroatoms. The third kappa shape index (κ3) is 7.07. The molecule has 0 amide bonds. The van der Waals surface area contributed by atoms with Gasteiger partial charge < -0.3 is 9.88 Å². The summed E-state index contributed by atoms with van der Waals surface area (Å²) in [6, 6.07) is 10.5. The molecule has 0 unspecified atom stereocenters. The second kappa shape index (κ2) is 11.7. The lowest BCUT2D eigenvalue weighted by atomic mass is 9.94. The Hall–Kier alpha value is -2.34. The zero-order chi connectivity index (χ0) is 23.8. The van der Waals surface area contributed by atoms with E-state index in [2.05, 4.69) is 41.9 Å². The number of nitrogens with zero attached hydrogens (tertiary/aromatic N) is 1. The van der Waals surface area contributed by atoms with Crippen LogP contribution in [0.1, 0.15) is 74.8 Å². The summed E-state index contributed by atoms with van der Waals surface area (Å²) < 4.78 is 39.2. The fourth-order valence-corrected chi connectivity index (χ4v) is 4.61. The molecule has 2 aromatic rings. The number of allylic oxidation sites excluding steroid dienone is 1. The van der Waals surface area contributed by atoms with Gasteiger partial charge in [-0.05, 0) is 80.9 Å². The molecule has 0 aliphatic heterocycles. The van der Waals surface area contributed by atoms with Gasteiger partial charge in [-0.25, -0.2) is 0 Å². The van der Waals surface area contributed by atoms with Crippen molar-refractivity contribution in [1.82, 2.24) is 9.88 Å². The average molecular weight is 461 g/mol. The van der Waals surface area contributed by atoms with Crippen LogP contribution in [0.25, 0.3) is 5.57 Å². The lowest BCUT2D eigenvalue weighted by Crippen LogP contribution is -2.23. The van der Waals surface area contributed by atoms with E-state index < -0.39 is 17.3 Å². The van der Waals surface area contributed by atoms with Gasteiger partial charge in [-0.3, -0.25) is 4.79 Å². The van der Waals surface area contributed by atoms with Crippen molar-refractivity contribution in [3.63, 3.8) is 0 Å². The molecule has 0 bridgehead atoms. The molecule has 1 aromatic carbocycles. The molecule has 1 fully saturated rings. The number of aromatic nitrogens is 1. The fourth-order valence-electron chi connectivity index (χ4n) is 4.61. The Morgan fingerprint density at radius 1 is 1.03 bits per heavy atom. The van der Waals surface area contributed by atoms with Crippen molar-refractivity contribution in [3.05, 3.63) is 75.2 Å². The molecular weight excluding hydrogens is 425 g/mol. The summed E-state index contributed by atoms with van der Waals surface area (Å²) in [6.45, 7) is 7.63. The first-order valence-corrected chi connectivity index (χ1v) is 12.2. The molecule has 1 heterocycles. The van der Waals surface area contributed by atoms with Crippen LogP contribution in [0.15, 0.2) is 47.3 Å². The number of H-pyrrole nitrogens is 1. The van der Waals surface area contributed by atoms with E-state index >= 15 is 0 Å². The molecule has 1 saturated carbocycles. The maximum Gasteiger partial charge on any atom is 0.421 e. The van der Waals surface area contributed by atoms with E-state index in [4.69, 9.17) is 0 Å². The van der Waals surface area contributed by atoms with Crippen LogP contribution >= 0.6 is 0 Å². The normalized spacial score (nSPS) is 15.5. The lowest BCUT2D eigenvalue weighted by Gasteiger charge is -2.17. The van der Waals surface area contributed by atoms with Crippen LogP contribution in [0.3, 0.4) is 0 Å². The predicted molar refractivity (Wildman–Crippen MR) is 128 cm³/mol. The average Bonchev–Trinajstić information content (AvgIpc) is 3.30. The first-order chi connectivity index (χ1) is 15.8. The van der Waals surface area contributed by atoms with E-state index in [9.17, 15) is 18.0 Å². The number of pyridine rings is 1. The number of hydrogen-bond acceptors (Lipinski definition) is 2. The van der Waals surface area contributed by atoms with Crippen molar-refractivity contribution < 1.29 is 13.2 Å². The molecule has 33 heavy (non-hydrogen) atoms. The zero-order valence-corrected chi connectivity index (χ0v) is 19.7. The van der Waals surface area contributed by atoms with Gasteiger partial charge >= 0.3 is 6.18 Å². The highest BCUT2D eigenvalue weighted by molar-refractivity contribution is 5.78.